The first-order valence-corrected chi connectivity index (χ1v) is 15.7. The lowest BCUT2D eigenvalue weighted by atomic mass is 9.63. The lowest BCUT2D eigenvalue weighted by molar-refractivity contribution is -0.124. The van der Waals surface area contributed by atoms with E-state index in [9.17, 15) is 19.2 Å². The van der Waals surface area contributed by atoms with E-state index in [1.54, 1.807) is 42.5 Å². The minimum absolute atomic E-state index is 0.0949. The minimum atomic E-state index is -0.925. The Bertz CT molecular complexity index is 1900. The van der Waals surface area contributed by atoms with Crippen LogP contribution in [0.4, 0.5) is 5.69 Å². The Balaban J connectivity index is 1.10. The van der Waals surface area contributed by atoms with Gasteiger partial charge in [0.15, 0.2) is 6.10 Å². The number of fused-ring (bicyclic) bond motifs is 1. The number of aryl methyl sites for hydroxylation is 1. The third-order valence-electron chi connectivity index (χ3n) is 10.3. The summed E-state index contributed by atoms with van der Waals surface area (Å²) < 4.78 is 5.83. The predicted molar refractivity (Wildman–Crippen MR) is 169 cm³/mol. The fourth-order valence-electron chi connectivity index (χ4n) is 8.00. The molecule has 3 fully saturated rings. The Morgan fingerprint density at radius 1 is 0.889 bits per heavy atom. The van der Waals surface area contributed by atoms with E-state index in [1.807, 2.05) is 50.2 Å². The number of anilines is 1. The number of pyridine rings is 1. The fourth-order valence-corrected chi connectivity index (χ4v) is 8.00. The number of benzene rings is 3. The number of hydrogen-bond acceptors (Lipinski definition) is 6. The summed E-state index contributed by atoms with van der Waals surface area (Å²) in [5.74, 6) is -0.105. The van der Waals surface area contributed by atoms with E-state index < -0.39 is 12.1 Å². The zero-order chi connectivity index (χ0) is 31.0. The summed E-state index contributed by atoms with van der Waals surface area (Å²) in [5, 5.41) is 0.638. The van der Waals surface area contributed by atoms with Gasteiger partial charge in [0.25, 0.3) is 0 Å². The average molecular weight is 597 g/mol. The molecule has 2 amide bonds. The smallest absolute Gasteiger partial charge is 0.339 e. The van der Waals surface area contributed by atoms with Crippen molar-refractivity contribution in [2.45, 2.75) is 32.8 Å². The first kappa shape index (κ1) is 27.6. The van der Waals surface area contributed by atoms with Gasteiger partial charge >= 0.3 is 5.97 Å². The van der Waals surface area contributed by atoms with E-state index in [2.05, 4.69) is 12.2 Å². The number of ether oxygens (including phenoxy) is 1. The van der Waals surface area contributed by atoms with Crippen molar-refractivity contribution in [2.75, 3.05) is 4.90 Å². The number of hydrogen-bond donors (Lipinski definition) is 0. The number of ketones is 1. The van der Waals surface area contributed by atoms with Crippen LogP contribution in [0.3, 0.4) is 0 Å². The number of carbonyl (C=O) groups is 4. The van der Waals surface area contributed by atoms with Gasteiger partial charge in [0, 0.05) is 16.5 Å². The summed E-state index contributed by atoms with van der Waals surface area (Å²) in [5.41, 5.74) is 4.19. The van der Waals surface area contributed by atoms with Crippen molar-refractivity contribution in [1.29, 1.82) is 0 Å². The highest BCUT2D eigenvalue weighted by Crippen LogP contribution is 2.65. The Morgan fingerprint density at radius 3 is 2.20 bits per heavy atom. The third-order valence-corrected chi connectivity index (χ3v) is 10.3. The molecule has 7 nitrogen and oxygen atoms in total. The standard InChI is InChI=1S/C38H32N2O5/c1-3-31(35(41)22-9-5-4-6-10-22)45-38(44)29-19-30(39-34-20(2)8-7-11-26(29)34)21-12-14-23(15-13-21)40-36(42)32-24-16-17-25(28-18-27(24)28)33(32)37(40)43/h4-17,19,24-25,27-28,31-33H,3,18H2,1-2H3. The van der Waals surface area contributed by atoms with Crippen molar-refractivity contribution >= 4 is 40.2 Å². The second-order valence-electron chi connectivity index (χ2n) is 12.8. The van der Waals surface area contributed by atoms with Crippen LogP contribution in [-0.2, 0) is 14.3 Å². The molecular formula is C38H32N2O5. The van der Waals surface area contributed by atoms with Crippen molar-refractivity contribution in [3.05, 3.63) is 108 Å². The number of amides is 2. The van der Waals surface area contributed by atoms with Crippen LogP contribution in [0, 0.1) is 42.4 Å². The van der Waals surface area contributed by atoms with Gasteiger partial charge in [-0.05, 0) is 67.2 Å². The zero-order valence-electron chi connectivity index (χ0n) is 25.1. The topological polar surface area (TPSA) is 93.6 Å². The molecule has 1 aliphatic heterocycles. The molecule has 4 aliphatic carbocycles. The lowest BCUT2D eigenvalue weighted by Gasteiger charge is -2.37. The molecule has 4 aromatic rings. The molecule has 2 bridgehead atoms. The molecule has 1 saturated heterocycles. The molecular weight excluding hydrogens is 564 g/mol. The molecule has 7 heteroatoms. The summed E-state index contributed by atoms with van der Waals surface area (Å²) >= 11 is 0. The van der Waals surface area contributed by atoms with Crippen LogP contribution < -0.4 is 4.90 Å². The van der Waals surface area contributed by atoms with Gasteiger partial charge in [-0.15, -0.1) is 0 Å². The van der Waals surface area contributed by atoms with Gasteiger partial charge in [-0.1, -0.05) is 79.7 Å². The van der Waals surface area contributed by atoms with E-state index in [0.717, 1.165) is 17.5 Å². The van der Waals surface area contributed by atoms with Gasteiger partial charge in [-0.25, -0.2) is 9.78 Å². The van der Waals surface area contributed by atoms with Crippen LogP contribution in [0.2, 0.25) is 0 Å². The van der Waals surface area contributed by atoms with Gasteiger partial charge in [-0.2, -0.15) is 0 Å². The summed E-state index contributed by atoms with van der Waals surface area (Å²) in [6.45, 7) is 3.75. The van der Waals surface area contributed by atoms with E-state index in [-0.39, 0.29) is 41.3 Å². The van der Waals surface area contributed by atoms with Crippen LogP contribution >= 0.6 is 0 Å². The molecule has 0 spiro atoms. The molecule has 5 aliphatic rings. The molecule has 2 heterocycles. The molecule has 9 rings (SSSR count). The second-order valence-corrected chi connectivity index (χ2v) is 12.8. The summed E-state index contributed by atoms with van der Waals surface area (Å²) in [6, 6.07) is 23.4. The molecule has 0 N–H and O–H groups in total. The van der Waals surface area contributed by atoms with Crippen molar-refractivity contribution in [3.8, 4) is 11.3 Å². The molecule has 0 radical (unpaired) electrons. The number of esters is 1. The molecule has 2 saturated carbocycles. The number of para-hydroxylation sites is 1. The number of rotatable bonds is 7. The van der Waals surface area contributed by atoms with Crippen LogP contribution in [0.1, 0.15) is 46.0 Å². The zero-order valence-corrected chi connectivity index (χ0v) is 25.1. The highest BCUT2D eigenvalue weighted by molar-refractivity contribution is 6.22. The van der Waals surface area contributed by atoms with Gasteiger partial charge in [-0.3, -0.25) is 19.3 Å². The molecule has 7 unspecified atom stereocenters. The van der Waals surface area contributed by atoms with E-state index in [4.69, 9.17) is 9.72 Å². The Kier molecular flexibility index (Phi) is 6.34. The largest absolute Gasteiger partial charge is 0.450 e. The summed E-state index contributed by atoms with van der Waals surface area (Å²) in [6.07, 6.45) is 4.89. The van der Waals surface area contributed by atoms with Crippen LogP contribution in [-0.4, -0.2) is 34.7 Å². The number of Topliss-reactive ketones (excluding diaryl/α,β-unsaturated/α-hetero) is 1. The maximum absolute atomic E-state index is 13.7. The van der Waals surface area contributed by atoms with Crippen LogP contribution in [0.25, 0.3) is 22.2 Å². The second kappa shape index (κ2) is 10.3. The van der Waals surface area contributed by atoms with E-state index in [0.29, 0.717) is 51.7 Å². The molecule has 45 heavy (non-hydrogen) atoms. The number of nitrogens with zero attached hydrogens (tertiary/aromatic N) is 2. The van der Waals surface area contributed by atoms with Crippen molar-refractivity contribution in [3.63, 3.8) is 0 Å². The Morgan fingerprint density at radius 2 is 1.56 bits per heavy atom. The highest BCUT2D eigenvalue weighted by atomic mass is 16.5. The predicted octanol–water partition coefficient (Wildman–Crippen LogP) is 6.59. The maximum Gasteiger partial charge on any atom is 0.339 e. The normalized spacial score (nSPS) is 26.5. The maximum atomic E-state index is 13.7. The number of carbonyl (C=O) groups excluding carboxylic acids is 4. The van der Waals surface area contributed by atoms with Gasteiger partial charge in [0.2, 0.25) is 17.6 Å². The van der Waals surface area contributed by atoms with Crippen LogP contribution in [0.5, 0.6) is 0 Å². The monoisotopic (exact) mass is 596 g/mol. The van der Waals surface area contributed by atoms with E-state index >= 15 is 0 Å². The average Bonchev–Trinajstić information content (AvgIpc) is 3.86. The van der Waals surface area contributed by atoms with Gasteiger partial charge in [0.05, 0.1) is 34.3 Å². The summed E-state index contributed by atoms with van der Waals surface area (Å²) in [4.78, 5) is 60.3. The number of imide groups is 1. The van der Waals surface area contributed by atoms with E-state index in [1.165, 1.54) is 4.90 Å². The molecule has 3 aromatic carbocycles. The lowest BCUT2D eigenvalue weighted by Crippen LogP contribution is -2.40. The first-order chi connectivity index (χ1) is 21.9. The van der Waals surface area contributed by atoms with Crippen molar-refractivity contribution < 1.29 is 23.9 Å². The first-order valence-electron chi connectivity index (χ1n) is 15.7. The highest BCUT2D eigenvalue weighted by Gasteiger charge is 2.67. The summed E-state index contributed by atoms with van der Waals surface area (Å²) in [7, 11) is 0. The third kappa shape index (κ3) is 4.28. The molecule has 1 aromatic heterocycles. The molecule has 224 valence electrons. The number of allylic oxidation sites excluding steroid dienone is 2. The fraction of sp³-hybridized carbons (Fsp3) is 0.289. The quantitative estimate of drug-likeness (QED) is 0.103. The minimum Gasteiger partial charge on any atom is -0.450 e. The van der Waals surface area contributed by atoms with Crippen molar-refractivity contribution in [1.82, 2.24) is 4.98 Å². The van der Waals surface area contributed by atoms with Crippen LogP contribution in [0.15, 0.2) is 91.0 Å². The van der Waals surface area contributed by atoms with Crippen molar-refractivity contribution in [2.24, 2.45) is 35.5 Å². The Hall–Kier alpha value is -4.91. The number of aromatic nitrogens is 1. The SMILES string of the molecule is CCC(OC(=O)c1cc(-c2ccc(N3C(=O)C4C5C=CC(C6CC56)C4C3=O)cc2)nc2c(C)cccc12)C(=O)c1ccccc1. The van der Waals surface area contributed by atoms with Gasteiger partial charge < -0.3 is 4.74 Å². The molecule has 7 atom stereocenters. The Labute approximate surface area is 260 Å². The van der Waals surface area contributed by atoms with Gasteiger partial charge in [0.1, 0.15) is 0 Å².